The van der Waals surface area contributed by atoms with Crippen LogP contribution < -0.4 is 0 Å². The van der Waals surface area contributed by atoms with E-state index < -0.39 is 35.8 Å². The highest BCUT2D eigenvalue weighted by Gasteiger charge is 2.24. The summed E-state index contributed by atoms with van der Waals surface area (Å²) in [4.78, 5) is 64.7. The van der Waals surface area contributed by atoms with Crippen LogP contribution in [0.25, 0.3) is 0 Å². The Kier molecular flexibility index (Phi) is 24.9. The number of aliphatic hydroxyl groups is 1. The summed E-state index contributed by atoms with van der Waals surface area (Å²) in [6.45, 7) is 6.92. The van der Waals surface area contributed by atoms with Gasteiger partial charge in [0.05, 0.1) is 0 Å². The topological polar surface area (TPSA) is 254 Å². The summed E-state index contributed by atoms with van der Waals surface area (Å²) in [6, 6.07) is 11.4. The van der Waals surface area contributed by atoms with E-state index in [1.54, 1.807) is 0 Å². The van der Waals surface area contributed by atoms with Crippen molar-refractivity contribution in [3.05, 3.63) is 72.4 Å². The van der Waals surface area contributed by atoms with Crippen LogP contribution in [0.4, 0.5) is 0 Å². The third-order valence-electron chi connectivity index (χ3n) is 5.62. The lowest BCUT2D eigenvalue weighted by molar-refractivity contribution is -0.134. The van der Waals surface area contributed by atoms with Crippen molar-refractivity contribution in [2.24, 2.45) is 0 Å². The molecule has 0 amide bonds. The number of carboxylic acids is 6. The molecule has 0 aromatic heterocycles. The first-order valence-electron chi connectivity index (χ1n) is 13.8. The third-order valence-corrected chi connectivity index (χ3v) is 5.62. The lowest BCUT2D eigenvalue weighted by Crippen LogP contribution is -2.48. The fraction of sp³-hybridized carbons (Fsp3) is 0.400. The van der Waals surface area contributed by atoms with Crippen molar-refractivity contribution in [3.63, 3.8) is 0 Å². The highest BCUT2D eigenvalue weighted by Crippen LogP contribution is 2.25. The number of hydrogen-bond donors (Lipinski definition) is 7. The van der Waals surface area contributed by atoms with Crippen LogP contribution in [0.3, 0.4) is 0 Å². The minimum absolute atomic E-state index is 0.301. The van der Waals surface area contributed by atoms with E-state index in [0.717, 1.165) is 45.7 Å². The lowest BCUT2D eigenvalue weighted by atomic mass is 10.0. The second-order valence-electron chi connectivity index (χ2n) is 9.50. The second kappa shape index (κ2) is 26.5. The first kappa shape index (κ1) is 43.2. The fourth-order valence-corrected chi connectivity index (χ4v) is 3.64. The Morgan fingerprint density at radius 2 is 1.04 bits per heavy atom. The average molecular weight is 654 g/mol. The van der Waals surface area contributed by atoms with Crippen LogP contribution in [0.2, 0.25) is 0 Å². The van der Waals surface area contributed by atoms with E-state index in [0.29, 0.717) is 49.1 Å². The van der Waals surface area contributed by atoms with E-state index in [-0.39, 0.29) is 0 Å². The summed E-state index contributed by atoms with van der Waals surface area (Å²) in [6.07, 6.45) is 5.41. The maximum Gasteiger partial charge on any atom is 0.328 e. The number of carbonyl (C=O) groups is 6. The molecular formula is C30H43N3O13. The molecule has 16 heteroatoms. The highest BCUT2D eigenvalue weighted by molar-refractivity contribution is 5.90. The number of aliphatic hydroxyl groups excluding tert-OH is 1. The number of hydrogen-bond acceptors (Lipinski definition) is 10. The third kappa shape index (κ3) is 27.9. The van der Waals surface area contributed by atoms with Crippen LogP contribution in [0, 0.1) is 0 Å². The van der Waals surface area contributed by atoms with Gasteiger partial charge in [0.15, 0.2) is 0 Å². The Morgan fingerprint density at radius 1 is 0.674 bits per heavy atom. The molecule has 1 aromatic rings. The van der Waals surface area contributed by atoms with Gasteiger partial charge < -0.3 is 45.5 Å². The van der Waals surface area contributed by atoms with Crippen LogP contribution in [0.1, 0.15) is 24.4 Å². The van der Waals surface area contributed by atoms with Crippen molar-refractivity contribution in [1.82, 2.24) is 14.7 Å². The van der Waals surface area contributed by atoms with Gasteiger partial charge in [0.1, 0.15) is 0 Å². The quantitative estimate of drug-likeness (QED) is 0.137. The molecule has 1 aliphatic heterocycles. The van der Waals surface area contributed by atoms with E-state index in [1.807, 2.05) is 0 Å². The standard InChI is InChI=1S/C18H31N3O.3C4H4O4/c1-19(2)11-9-18(17-7-4-3-5-8-17)21-14-12-20(13-15-21)10-6-16-22;3*5-3(6)1-2-4(7)8/h3-5,7-8,18,22H,6,9-16H2,1-2H3;3*1-2H,(H,5,6)(H,7,8). The molecule has 0 aliphatic carbocycles. The van der Waals surface area contributed by atoms with Crippen molar-refractivity contribution in [1.29, 1.82) is 0 Å². The largest absolute Gasteiger partial charge is 0.478 e. The number of rotatable bonds is 14. The Morgan fingerprint density at radius 3 is 1.35 bits per heavy atom. The maximum absolute atomic E-state index is 9.55. The van der Waals surface area contributed by atoms with Crippen LogP contribution in [0.5, 0.6) is 0 Å². The van der Waals surface area contributed by atoms with Crippen molar-refractivity contribution < 1.29 is 64.5 Å². The molecule has 0 bridgehead atoms. The average Bonchev–Trinajstić information content (AvgIpc) is 2.99. The van der Waals surface area contributed by atoms with Gasteiger partial charge in [0.2, 0.25) is 0 Å². The predicted octanol–water partition coefficient (Wildman–Crippen LogP) is 0.815. The van der Waals surface area contributed by atoms with Gasteiger partial charge in [-0.05, 0) is 39.0 Å². The summed E-state index contributed by atoms with van der Waals surface area (Å²) >= 11 is 0. The molecule has 0 saturated carbocycles. The molecule has 1 aliphatic rings. The van der Waals surface area contributed by atoms with Crippen molar-refractivity contribution >= 4 is 35.8 Å². The predicted molar refractivity (Wildman–Crippen MR) is 165 cm³/mol. The monoisotopic (exact) mass is 653 g/mol. The number of carboxylic acid groups (broad SMARTS) is 6. The maximum atomic E-state index is 9.55. The van der Waals surface area contributed by atoms with E-state index in [4.69, 9.17) is 35.7 Å². The number of benzene rings is 1. The minimum Gasteiger partial charge on any atom is -0.478 e. The second-order valence-corrected chi connectivity index (χ2v) is 9.50. The van der Waals surface area contributed by atoms with Crippen LogP contribution in [-0.4, -0.2) is 146 Å². The van der Waals surface area contributed by atoms with Gasteiger partial charge in [0, 0.05) is 81.8 Å². The summed E-state index contributed by atoms with van der Waals surface area (Å²) in [5.41, 5.74) is 1.44. The first-order valence-corrected chi connectivity index (χ1v) is 13.8. The van der Waals surface area contributed by atoms with E-state index >= 15 is 0 Å². The molecule has 2 rings (SSSR count). The lowest BCUT2D eigenvalue weighted by Gasteiger charge is -2.40. The van der Waals surface area contributed by atoms with Gasteiger partial charge in [-0.1, -0.05) is 30.3 Å². The Labute approximate surface area is 266 Å². The van der Waals surface area contributed by atoms with E-state index in [2.05, 4.69) is 59.1 Å². The normalized spacial score (nSPS) is 13.9. The van der Waals surface area contributed by atoms with Crippen LogP contribution in [-0.2, 0) is 28.8 Å². The number of aliphatic carboxylic acids is 6. The Balaban J connectivity index is 0. The molecule has 0 spiro atoms. The number of piperazine rings is 1. The van der Waals surface area contributed by atoms with Crippen molar-refractivity contribution in [3.8, 4) is 0 Å². The van der Waals surface area contributed by atoms with Crippen molar-refractivity contribution in [2.75, 3.05) is 60.0 Å². The molecule has 1 saturated heterocycles. The summed E-state index contributed by atoms with van der Waals surface area (Å²) < 4.78 is 0. The SMILES string of the molecule is CN(C)CCC(c1ccccc1)N1CCN(CCCO)CC1.O=C(O)C=CC(=O)O.O=C(O)C=CC(=O)O.O=C(O)C=CC(=O)O. The molecule has 1 aromatic carbocycles. The molecule has 0 radical (unpaired) electrons. The molecule has 16 nitrogen and oxygen atoms in total. The smallest absolute Gasteiger partial charge is 0.328 e. The van der Waals surface area contributed by atoms with Crippen molar-refractivity contribution in [2.45, 2.75) is 18.9 Å². The zero-order valence-corrected chi connectivity index (χ0v) is 25.7. The molecule has 1 unspecified atom stereocenters. The van der Waals surface area contributed by atoms with Gasteiger partial charge in [-0.3, -0.25) is 4.90 Å². The van der Waals surface area contributed by atoms with Gasteiger partial charge in [-0.2, -0.15) is 0 Å². The molecule has 1 fully saturated rings. The molecule has 7 N–H and O–H groups in total. The molecule has 46 heavy (non-hydrogen) atoms. The highest BCUT2D eigenvalue weighted by atomic mass is 16.4. The molecule has 1 heterocycles. The van der Waals surface area contributed by atoms with Crippen LogP contribution >= 0.6 is 0 Å². The molecular weight excluding hydrogens is 610 g/mol. The van der Waals surface area contributed by atoms with E-state index in [9.17, 15) is 28.8 Å². The summed E-state index contributed by atoms with van der Waals surface area (Å²) in [7, 11) is 4.30. The summed E-state index contributed by atoms with van der Waals surface area (Å²) in [5.74, 6) is -7.54. The van der Waals surface area contributed by atoms with Crippen LogP contribution in [0.15, 0.2) is 66.8 Å². The summed E-state index contributed by atoms with van der Waals surface area (Å²) in [5, 5.41) is 55.8. The minimum atomic E-state index is -1.26. The Bertz CT molecular complexity index is 1030. The van der Waals surface area contributed by atoms with Gasteiger partial charge in [-0.25, -0.2) is 28.8 Å². The van der Waals surface area contributed by atoms with Gasteiger partial charge in [-0.15, -0.1) is 0 Å². The molecule has 1 atom stereocenters. The zero-order chi connectivity index (χ0) is 35.5. The first-order chi connectivity index (χ1) is 21.6. The van der Waals surface area contributed by atoms with E-state index in [1.165, 1.54) is 12.0 Å². The fourth-order valence-electron chi connectivity index (χ4n) is 3.64. The van der Waals surface area contributed by atoms with Gasteiger partial charge >= 0.3 is 35.8 Å². The number of nitrogens with zero attached hydrogens (tertiary/aromatic N) is 3. The zero-order valence-electron chi connectivity index (χ0n) is 25.7. The van der Waals surface area contributed by atoms with Gasteiger partial charge in [0.25, 0.3) is 0 Å². The molecule has 256 valence electrons. The Hall–Kier alpha value is -4.90.